The number of hydrogen-bond donors (Lipinski definition) is 0. The highest BCUT2D eigenvalue weighted by Crippen LogP contribution is 2.37. The van der Waals surface area contributed by atoms with Gasteiger partial charge >= 0.3 is 6.01 Å². The number of ether oxygens (including phenoxy) is 1. The molecule has 5 heterocycles. The van der Waals surface area contributed by atoms with Crippen molar-refractivity contribution in [3.63, 3.8) is 0 Å². The molecule has 0 bridgehead atoms. The largest absolute Gasteiger partial charge is 0.462 e. The first-order valence-corrected chi connectivity index (χ1v) is 14.3. The third-order valence-electron chi connectivity index (χ3n) is 7.91. The van der Waals surface area contributed by atoms with Crippen LogP contribution in [0.15, 0.2) is 48.9 Å². The smallest absolute Gasteiger partial charge is 0.319 e. The number of pyridine rings is 2. The second kappa shape index (κ2) is 12.3. The molecule has 1 amide bonds. The van der Waals surface area contributed by atoms with Gasteiger partial charge in [-0.3, -0.25) is 19.7 Å². The summed E-state index contributed by atoms with van der Waals surface area (Å²) in [5.74, 6) is -0.561. The molecular weight excluding hydrogens is 583 g/mol. The number of likely N-dealkylation sites (tertiary alicyclic amines) is 1. The van der Waals surface area contributed by atoms with Gasteiger partial charge < -0.3 is 14.5 Å². The number of alkyl halides is 2. The lowest BCUT2D eigenvalue weighted by molar-refractivity contribution is -0.126. The van der Waals surface area contributed by atoms with E-state index < -0.39 is 18.7 Å². The standard InChI is InChI=1S/C30H29ClF3N7O2/c1-39-16-19(33)12-20(39)17-43-30-37-28-22(29(38-30)41-10-8-40(9-11-41)24(42)6-3-7-32)15-36-27(26(28)34)21-14-35-13-18-4-2-5-23(31)25(18)21/h2-6,13-15,19-20H,7-12,16-17H2,1H3/b6-3+/t19-,20+/m1/s1. The fraction of sp³-hybridized carbons (Fsp3) is 0.367. The Morgan fingerprint density at radius 2 is 1.98 bits per heavy atom. The minimum atomic E-state index is -0.947. The number of carbonyl (C=O) groups is 1. The van der Waals surface area contributed by atoms with Crippen molar-refractivity contribution in [1.29, 1.82) is 0 Å². The van der Waals surface area contributed by atoms with E-state index in [2.05, 4.69) is 19.9 Å². The van der Waals surface area contributed by atoms with Crippen LogP contribution in [-0.4, -0.2) is 101 Å². The third-order valence-corrected chi connectivity index (χ3v) is 8.23. The Hall–Kier alpha value is -4.03. The number of rotatable bonds is 7. The molecular formula is C30H29ClF3N7O2. The van der Waals surface area contributed by atoms with Crippen molar-refractivity contribution in [2.24, 2.45) is 0 Å². The normalized spacial score (nSPS) is 19.7. The molecule has 1 aromatic carbocycles. The molecule has 0 aliphatic carbocycles. The maximum atomic E-state index is 16.4. The summed E-state index contributed by atoms with van der Waals surface area (Å²) < 4.78 is 48.9. The van der Waals surface area contributed by atoms with Crippen LogP contribution in [0, 0.1) is 5.82 Å². The Balaban J connectivity index is 1.39. The Labute approximate surface area is 250 Å². The van der Waals surface area contributed by atoms with Gasteiger partial charge in [0.1, 0.15) is 36.5 Å². The predicted molar refractivity (Wildman–Crippen MR) is 158 cm³/mol. The number of nitrogens with zero attached hydrogens (tertiary/aromatic N) is 7. The van der Waals surface area contributed by atoms with Crippen LogP contribution in [0.25, 0.3) is 32.9 Å². The number of benzene rings is 1. The lowest BCUT2D eigenvalue weighted by Crippen LogP contribution is -2.48. The molecule has 2 fully saturated rings. The first-order valence-electron chi connectivity index (χ1n) is 14.0. The summed E-state index contributed by atoms with van der Waals surface area (Å²) in [7, 11) is 1.82. The summed E-state index contributed by atoms with van der Waals surface area (Å²) in [6.07, 6.45) is 6.45. The molecule has 0 saturated carbocycles. The summed E-state index contributed by atoms with van der Waals surface area (Å²) in [5.41, 5.74) is 0.446. The average Bonchev–Trinajstić information content (AvgIpc) is 3.35. The number of halogens is 4. The van der Waals surface area contributed by atoms with Crippen molar-refractivity contribution < 1.29 is 22.7 Å². The van der Waals surface area contributed by atoms with Crippen molar-refractivity contribution in [1.82, 2.24) is 29.7 Å². The van der Waals surface area contributed by atoms with E-state index in [1.54, 1.807) is 23.2 Å². The van der Waals surface area contributed by atoms with E-state index >= 15 is 4.39 Å². The number of carbonyl (C=O) groups excluding carboxylic acids is 1. The van der Waals surface area contributed by atoms with Gasteiger partial charge in [-0.05, 0) is 25.6 Å². The lowest BCUT2D eigenvalue weighted by Gasteiger charge is -2.35. The summed E-state index contributed by atoms with van der Waals surface area (Å²) in [6.45, 7) is 1.22. The number of amides is 1. The summed E-state index contributed by atoms with van der Waals surface area (Å²) in [6, 6.07) is 5.13. The molecule has 0 unspecified atom stereocenters. The number of fused-ring (bicyclic) bond motifs is 2. The van der Waals surface area contributed by atoms with E-state index in [9.17, 15) is 13.6 Å². The number of hydrogen-bond acceptors (Lipinski definition) is 8. The van der Waals surface area contributed by atoms with Crippen LogP contribution in [0.4, 0.5) is 19.0 Å². The number of aromatic nitrogens is 4. The Morgan fingerprint density at radius 3 is 2.72 bits per heavy atom. The van der Waals surface area contributed by atoms with Gasteiger partial charge in [0.05, 0.1) is 5.39 Å². The minimum Gasteiger partial charge on any atom is -0.462 e. The fourth-order valence-electron chi connectivity index (χ4n) is 5.65. The monoisotopic (exact) mass is 611 g/mol. The van der Waals surface area contributed by atoms with Gasteiger partial charge in [0.2, 0.25) is 5.91 Å². The second-order valence-electron chi connectivity index (χ2n) is 10.6. The summed E-state index contributed by atoms with van der Waals surface area (Å²) in [5, 5.41) is 2.15. The topological polar surface area (TPSA) is 87.6 Å². The van der Waals surface area contributed by atoms with Crippen molar-refractivity contribution in [3.8, 4) is 17.3 Å². The molecule has 0 radical (unpaired) electrons. The van der Waals surface area contributed by atoms with Crippen LogP contribution < -0.4 is 9.64 Å². The van der Waals surface area contributed by atoms with Gasteiger partial charge in [-0.15, -0.1) is 0 Å². The first kappa shape index (κ1) is 29.1. The second-order valence-corrected chi connectivity index (χ2v) is 11.1. The molecule has 2 saturated heterocycles. The van der Waals surface area contributed by atoms with E-state index in [1.165, 1.54) is 24.5 Å². The Morgan fingerprint density at radius 1 is 1.16 bits per heavy atom. The Kier molecular flexibility index (Phi) is 8.31. The molecule has 2 aliphatic rings. The van der Waals surface area contributed by atoms with Gasteiger partial charge in [-0.25, -0.2) is 13.2 Å². The van der Waals surface area contributed by atoms with Crippen molar-refractivity contribution >= 4 is 45.0 Å². The van der Waals surface area contributed by atoms with E-state index in [4.69, 9.17) is 16.3 Å². The number of allylic oxidation sites excluding steroid dienone is 1. The van der Waals surface area contributed by atoms with E-state index in [1.807, 2.05) is 22.9 Å². The van der Waals surface area contributed by atoms with E-state index in [-0.39, 0.29) is 35.8 Å². The van der Waals surface area contributed by atoms with Crippen LogP contribution in [-0.2, 0) is 4.79 Å². The van der Waals surface area contributed by atoms with Gasteiger partial charge in [0.25, 0.3) is 0 Å². The van der Waals surface area contributed by atoms with Crippen LogP contribution in [0.1, 0.15) is 6.42 Å². The Bertz CT molecular complexity index is 1690. The van der Waals surface area contributed by atoms with Crippen LogP contribution in [0.3, 0.4) is 0 Å². The molecule has 3 aromatic heterocycles. The van der Waals surface area contributed by atoms with Crippen molar-refractivity contribution in [2.75, 3.05) is 58.0 Å². The molecule has 9 nitrogen and oxygen atoms in total. The van der Waals surface area contributed by atoms with Gasteiger partial charge in [0, 0.05) is 84.8 Å². The van der Waals surface area contributed by atoms with Crippen LogP contribution >= 0.6 is 11.6 Å². The highest BCUT2D eigenvalue weighted by Gasteiger charge is 2.31. The van der Waals surface area contributed by atoms with E-state index in [0.29, 0.717) is 66.3 Å². The molecule has 0 spiro atoms. The number of piperazine rings is 1. The number of likely N-dealkylation sites (N-methyl/N-ethyl adjacent to an activating group) is 1. The lowest BCUT2D eigenvalue weighted by atomic mass is 10.0. The quantitative estimate of drug-likeness (QED) is 0.280. The molecule has 4 aromatic rings. The molecule has 224 valence electrons. The van der Waals surface area contributed by atoms with Gasteiger partial charge in [0.15, 0.2) is 5.82 Å². The van der Waals surface area contributed by atoms with Crippen molar-refractivity contribution in [3.05, 3.63) is 59.8 Å². The molecule has 43 heavy (non-hydrogen) atoms. The SMILES string of the molecule is CN1C[C@H](F)C[C@H]1COc1nc(N2CCN(C(=O)/C=C/CF)CC2)c2cnc(-c3cncc4cccc(Cl)c34)c(F)c2n1. The minimum absolute atomic E-state index is 0.00147. The predicted octanol–water partition coefficient (Wildman–Crippen LogP) is 4.63. The highest BCUT2D eigenvalue weighted by atomic mass is 35.5. The molecule has 2 aliphatic heterocycles. The zero-order valence-corrected chi connectivity index (χ0v) is 24.1. The molecule has 2 atom stereocenters. The van der Waals surface area contributed by atoms with E-state index in [0.717, 1.165) is 5.39 Å². The highest BCUT2D eigenvalue weighted by molar-refractivity contribution is 6.36. The zero-order valence-electron chi connectivity index (χ0n) is 23.4. The third kappa shape index (κ3) is 5.81. The maximum Gasteiger partial charge on any atom is 0.319 e. The zero-order chi connectivity index (χ0) is 30.1. The molecule has 0 N–H and O–H groups in total. The average molecular weight is 612 g/mol. The summed E-state index contributed by atoms with van der Waals surface area (Å²) >= 11 is 6.51. The number of anilines is 1. The molecule has 13 heteroatoms. The van der Waals surface area contributed by atoms with Crippen LogP contribution in [0.5, 0.6) is 6.01 Å². The fourth-order valence-corrected chi connectivity index (χ4v) is 5.93. The van der Waals surface area contributed by atoms with Gasteiger partial charge in [-0.2, -0.15) is 9.97 Å². The van der Waals surface area contributed by atoms with Gasteiger partial charge in [-0.1, -0.05) is 23.7 Å². The van der Waals surface area contributed by atoms with Crippen LogP contribution in [0.2, 0.25) is 5.02 Å². The first-order chi connectivity index (χ1) is 20.8. The summed E-state index contributed by atoms with van der Waals surface area (Å²) in [4.78, 5) is 35.6. The molecule has 6 rings (SSSR count). The maximum absolute atomic E-state index is 16.4. The van der Waals surface area contributed by atoms with Crippen molar-refractivity contribution in [2.45, 2.75) is 18.6 Å².